The Balaban J connectivity index is 1.78. The second-order valence-corrected chi connectivity index (χ2v) is 10.1. The molecule has 2 amide bonds. The number of hydrazone groups is 1. The lowest BCUT2D eigenvalue weighted by Gasteiger charge is -2.35. The average molecular weight is 437 g/mol. The molecule has 1 unspecified atom stereocenters. The standard InChI is InChI=1S/C20H28N4O3S2/c1-20(2)17(24(26)18(25)22-15-10-5-4-6-11-15)23(19(28)29-20)21-13-14-9-7-8-12-16(14)27-3/h7-9,12-13,15,17,26H,4-6,10-11H2,1-3H3,(H,22,25)/b21-13+. The minimum atomic E-state index is -0.727. The van der Waals surface area contributed by atoms with E-state index in [1.807, 2.05) is 38.1 Å². The fourth-order valence-electron chi connectivity index (χ4n) is 3.72. The number of ether oxygens (including phenoxy) is 1. The molecule has 0 aromatic heterocycles. The molecule has 3 rings (SSSR count). The third-order valence-electron chi connectivity index (χ3n) is 5.22. The van der Waals surface area contributed by atoms with Crippen molar-refractivity contribution >= 4 is 40.5 Å². The molecule has 1 saturated heterocycles. The molecule has 9 heteroatoms. The predicted octanol–water partition coefficient (Wildman–Crippen LogP) is 4.20. The van der Waals surface area contributed by atoms with Gasteiger partial charge in [0.05, 0.1) is 18.1 Å². The highest BCUT2D eigenvalue weighted by molar-refractivity contribution is 8.24. The molecule has 7 nitrogen and oxygen atoms in total. The first-order chi connectivity index (χ1) is 13.8. The normalized spacial score (nSPS) is 22.1. The van der Waals surface area contributed by atoms with Crippen molar-refractivity contribution in [3.63, 3.8) is 0 Å². The number of para-hydroxylation sites is 1. The van der Waals surface area contributed by atoms with E-state index in [1.54, 1.807) is 13.3 Å². The number of carbonyl (C=O) groups is 1. The lowest BCUT2D eigenvalue weighted by Crippen LogP contribution is -2.57. The highest BCUT2D eigenvalue weighted by atomic mass is 32.2. The maximum Gasteiger partial charge on any atom is 0.343 e. The van der Waals surface area contributed by atoms with Crippen molar-refractivity contribution in [1.82, 2.24) is 15.4 Å². The molecule has 1 saturated carbocycles. The van der Waals surface area contributed by atoms with Gasteiger partial charge in [-0.2, -0.15) is 10.2 Å². The number of hydrogen-bond donors (Lipinski definition) is 2. The Labute approximate surface area is 181 Å². The molecule has 1 aromatic rings. The first kappa shape index (κ1) is 21.9. The van der Waals surface area contributed by atoms with Crippen LogP contribution >= 0.6 is 24.0 Å². The second kappa shape index (κ2) is 9.32. The van der Waals surface area contributed by atoms with E-state index in [1.165, 1.54) is 23.2 Å². The molecule has 1 aliphatic heterocycles. The van der Waals surface area contributed by atoms with E-state index in [0.29, 0.717) is 10.1 Å². The van der Waals surface area contributed by atoms with Crippen LogP contribution in [-0.4, -0.2) is 55.9 Å². The molecule has 2 aliphatic rings. The molecule has 158 valence electrons. The van der Waals surface area contributed by atoms with Gasteiger partial charge in [-0.25, -0.2) is 9.80 Å². The molecule has 2 fully saturated rings. The van der Waals surface area contributed by atoms with Crippen LogP contribution in [0.4, 0.5) is 4.79 Å². The number of nitrogens with zero attached hydrogens (tertiary/aromatic N) is 3. The van der Waals surface area contributed by atoms with Crippen LogP contribution in [0.1, 0.15) is 51.5 Å². The molecule has 29 heavy (non-hydrogen) atoms. The van der Waals surface area contributed by atoms with E-state index in [-0.39, 0.29) is 6.04 Å². The quantitative estimate of drug-likeness (QED) is 0.312. The number of thiocarbonyl (C=S) groups is 1. The molecule has 1 aromatic carbocycles. The average Bonchev–Trinajstić information content (AvgIpc) is 2.94. The summed E-state index contributed by atoms with van der Waals surface area (Å²) in [6.45, 7) is 3.87. The molecular formula is C20H28N4O3S2. The molecule has 0 bridgehead atoms. The molecule has 1 aliphatic carbocycles. The van der Waals surface area contributed by atoms with Crippen LogP contribution in [0.3, 0.4) is 0 Å². The highest BCUT2D eigenvalue weighted by Gasteiger charge is 2.50. The van der Waals surface area contributed by atoms with E-state index in [2.05, 4.69) is 10.4 Å². The van der Waals surface area contributed by atoms with E-state index < -0.39 is 16.9 Å². The van der Waals surface area contributed by atoms with Crippen LogP contribution in [0.15, 0.2) is 29.4 Å². The SMILES string of the molecule is COc1ccccc1/C=N/N1C(=S)SC(C)(C)C1N(O)C(=O)NC1CCCCC1. The van der Waals surface area contributed by atoms with Gasteiger partial charge >= 0.3 is 6.03 Å². The number of hydroxylamine groups is 2. The number of urea groups is 1. The van der Waals surface area contributed by atoms with Crippen LogP contribution < -0.4 is 10.1 Å². The van der Waals surface area contributed by atoms with Crippen molar-refractivity contribution < 1.29 is 14.7 Å². The molecular weight excluding hydrogens is 408 g/mol. The Morgan fingerprint density at radius 1 is 1.38 bits per heavy atom. The number of nitrogens with one attached hydrogen (secondary N) is 1. The van der Waals surface area contributed by atoms with Gasteiger partial charge in [-0.1, -0.05) is 55.4 Å². The Bertz CT molecular complexity index is 781. The fraction of sp³-hybridized carbons (Fsp3) is 0.550. The number of amides is 2. The number of methoxy groups -OCH3 is 1. The van der Waals surface area contributed by atoms with Crippen LogP contribution in [0.2, 0.25) is 0 Å². The lowest BCUT2D eigenvalue weighted by atomic mass is 9.96. The van der Waals surface area contributed by atoms with Gasteiger partial charge in [0.15, 0.2) is 10.5 Å². The van der Waals surface area contributed by atoms with Crippen LogP contribution in [0, 0.1) is 0 Å². The molecule has 0 spiro atoms. The van der Waals surface area contributed by atoms with E-state index in [9.17, 15) is 10.0 Å². The molecule has 1 atom stereocenters. The predicted molar refractivity (Wildman–Crippen MR) is 120 cm³/mol. The first-order valence-corrected chi connectivity index (χ1v) is 11.0. The minimum Gasteiger partial charge on any atom is -0.496 e. The van der Waals surface area contributed by atoms with Crippen molar-refractivity contribution in [3.8, 4) is 5.75 Å². The second-order valence-electron chi connectivity index (χ2n) is 7.81. The van der Waals surface area contributed by atoms with E-state index >= 15 is 0 Å². The van der Waals surface area contributed by atoms with Gasteiger partial charge < -0.3 is 10.1 Å². The molecule has 1 heterocycles. The summed E-state index contributed by atoms with van der Waals surface area (Å²) in [5, 5.41) is 20.5. The summed E-state index contributed by atoms with van der Waals surface area (Å²) in [5.74, 6) is 0.681. The van der Waals surface area contributed by atoms with Gasteiger partial charge in [-0.05, 0) is 38.8 Å². The third kappa shape index (κ3) is 5.02. The van der Waals surface area contributed by atoms with Gasteiger partial charge in [0, 0.05) is 11.6 Å². The summed E-state index contributed by atoms with van der Waals surface area (Å²) in [6.07, 6.45) is 6.18. The van der Waals surface area contributed by atoms with Gasteiger partial charge in [0.2, 0.25) is 0 Å². The first-order valence-electron chi connectivity index (χ1n) is 9.81. The van der Waals surface area contributed by atoms with Crippen molar-refractivity contribution in [2.45, 2.75) is 62.9 Å². The zero-order valence-electron chi connectivity index (χ0n) is 17.0. The Morgan fingerprint density at radius 2 is 2.07 bits per heavy atom. The lowest BCUT2D eigenvalue weighted by molar-refractivity contribution is -0.119. The Morgan fingerprint density at radius 3 is 2.76 bits per heavy atom. The number of benzene rings is 1. The summed E-state index contributed by atoms with van der Waals surface area (Å²) in [5.41, 5.74) is 0.780. The van der Waals surface area contributed by atoms with E-state index in [0.717, 1.165) is 36.3 Å². The summed E-state index contributed by atoms with van der Waals surface area (Å²) in [7, 11) is 1.60. The number of thioether (sulfide) groups is 1. The van der Waals surface area contributed by atoms with Gasteiger partial charge in [-0.15, -0.1) is 0 Å². The fourth-order valence-corrected chi connectivity index (χ4v) is 5.51. The maximum absolute atomic E-state index is 12.7. The van der Waals surface area contributed by atoms with Crippen LogP contribution in [0.5, 0.6) is 5.75 Å². The van der Waals surface area contributed by atoms with Crippen molar-refractivity contribution in [1.29, 1.82) is 0 Å². The van der Waals surface area contributed by atoms with Gasteiger partial charge in [-0.3, -0.25) is 5.21 Å². The highest BCUT2D eigenvalue weighted by Crippen LogP contribution is 2.42. The monoisotopic (exact) mass is 436 g/mol. The Hall–Kier alpha value is -1.84. The summed E-state index contributed by atoms with van der Waals surface area (Å²) < 4.78 is 5.32. The maximum atomic E-state index is 12.7. The van der Waals surface area contributed by atoms with Crippen molar-refractivity contribution in [2.75, 3.05) is 7.11 Å². The van der Waals surface area contributed by atoms with Crippen LogP contribution in [0.25, 0.3) is 0 Å². The van der Waals surface area contributed by atoms with Crippen LogP contribution in [-0.2, 0) is 0 Å². The summed E-state index contributed by atoms with van der Waals surface area (Å²) in [4.78, 5) is 12.7. The number of rotatable bonds is 5. The number of carbonyl (C=O) groups excluding carboxylic acids is 1. The van der Waals surface area contributed by atoms with Gasteiger partial charge in [0.25, 0.3) is 0 Å². The topological polar surface area (TPSA) is 77.4 Å². The Kier molecular flexibility index (Phi) is 7.02. The molecule has 2 N–H and O–H groups in total. The summed E-state index contributed by atoms with van der Waals surface area (Å²) >= 11 is 6.89. The minimum absolute atomic E-state index is 0.0977. The third-order valence-corrected chi connectivity index (χ3v) is 6.76. The zero-order chi connectivity index (χ0) is 21.0. The van der Waals surface area contributed by atoms with Crippen molar-refractivity contribution in [2.24, 2.45) is 5.10 Å². The van der Waals surface area contributed by atoms with Gasteiger partial charge in [0.1, 0.15) is 5.75 Å². The smallest absolute Gasteiger partial charge is 0.343 e. The summed E-state index contributed by atoms with van der Waals surface area (Å²) in [6, 6.07) is 7.07. The zero-order valence-corrected chi connectivity index (χ0v) is 18.6. The van der Waals surface area contributed by atoms with E-state index in [4.69, 9.17) is 17.0 Å². The van der Waals surface area contributed by atoms with Crippen molar-refractivity contribution in [3.05, 3.63) is 29.8 Å². The molecule has 0 radical (unpaired) electrons. The largest absolute Gasteiger partial charge is 0.496 e. The number of hydrogen-bond acceptors (Lipinski definition) is 6.